The summed E-state index contributed by atoms with van der Waals surface area (Å²) in [6.45, 7) is 4.42. The first-order valence-electron chi connectivity index (χ1n) is 26.3. The number of carboxylic acids is 1. The molecule has 0 rings (SSSR count). The summed E-state index contributed by atoms with van der Waals surface area (Å²) in [5.74, 6) is -1.76. The molecular formula is C58H97NO7. The van der Waals surface area contributed by atoms with Gasteiger partial charge in [-0.3, -0.25) is 9.59 Å². The Hall–Kier alpha value is -3.75. The molecule has 0 fully saturated rings. The third kappa shape index (κ3) is 45.4. The Morgan fingerprint density at radius 2 is 0.803 bits per heavy atom. The molecule has 0 amide bonds. The summed E-state index contributed by atoms with van der Waals surface area (Å²) in [6, 6.07) is -0.735. The van der Waals surface area contributed by atoms with E-state index in [4.69, 9.17) is 14.2 Å². The topological polar surface area (TPSA) is 102 Å². The van der Waals surface area contributed by atoms with Crippen LogP contribution in [0, 0.1) is 0 Å². The van der Waals surface area contributed by atoms with E-state index >= 15 is 0 Å². The molecule has 0 saturated carbocycles. The molecule has 2 unspecified atom stereocenters. The van der Waals surface area contributed by atoms with Crippen LogP contribution in [-0.4, -0.2) is 75.5 Å². The van der Waals surface area contributed by atoms with Crippen molar-refractivity contribution in [1.29, 1.82) is 0 Å². The van der Waals surface area contributed by atoms with Gasteiger partial charge in [0.1, 0.15) is 12.6 Å². The molecule has 8 nitrogen and oxygen atoms in total. The molecule has 0 N–H and O–H groups in total. The molecule has 0 radical (unpaired) electrons. The second-order valence-corrected chi connectivity index (χ2v) is 18.3. The monoisotopic (exact) mass is 920 g/mol. The van der Waals surface area contributed by atoms with E-state index in [1.807, 2.05) is 0 Å². The van der Waals surface area contributed by atoms with Gasteiger partial charge in [-0.25, -0.2) is 0 Å². The fourth-order valence-corrected chi connectivity index (χ4v) is 7.23. The maximum Gasteiger partial charge on any atom is 0.306 e. The smallest absolute Gasteiger partial charge is 0.306 e. The Kier molecular flexibility index (Phi) is 45.0. The highest BCUT2D eigenvalue weighted by atomic mass is 16.6. The zero-order valence-electron chi connectivity index (χ0n) is 42.8. The number of hydrogen-bond acceptors (Lipinski definition) is 7. The quantitative estimate of drug-likeness (QED) is 0.0259. The summed E-state index contributed by atoms with van der Waals surface area (Å²) in [7, 11) is 5.40. The van der Waals surface area contributed by atoms with Crippen molar-refractivity contribution in [2.24, 2.45) is 0 Å². The average molecular weight is 920 g/mol. The van der Waals surface area contributed by atoms with Crippen molar-refractivity contribution in [3.8, 4) is 0 Å². The van der Waals surface area contributed by atoms with E-state index in [0.29, 0.717) is 12.8 Å². The van der Waals surface area contributed by atoms with Gasteiger partial charge in [0.2, 0.25) is 0 Å². The Bertz CT molecular complexity index is 1400. The van der Waals surface area contributed by atoms with Crippen molar-refractivity contribution in [3.63, 3.8) is 0 Å². The Morgan fingerprint density at radius 3 is 1.18 bits per heavy atom. The standard InChI is InChI=1S/C58H97NO7/c1-6-8-10-12-14-16-18-20-22-24-26-27-28-29-31-33-35-37-39-41-43-45-47-49-57(61)66-54(52-64-51-50-55(58(62)63)59(3,4)5)53-65-56(60)48-46-44-42-40-38-36-34-32-30-25-23-21-19-17-15-13-11-9-7-2/h8-11,14-17,20-23,26-27,30,32,54-55H,6-7,12-13,18-19,24-25,28-29,31,33-53H2,1-5H3/b10-8-,11-9-,16-14-,17-15-,22-20-,23-21-,27-26-,32-30-. The number of hydrogen-bond donors (Lipinski definition) is 0. The van der Waals surface area contributed by atoms with Crippen LogP contribution in [0.5, 0.6) is 0 Å². The fraction of sp³-hybridized carbons (Fsp3) is 0.672. The number of esters is 2. The van der Waals surface area contributed by atoms with E-state index < -0.39 is 18.1 Å². The van der Waals surface area contributed by atoms with Gasteiger partial charge in [-0.2, -0.15) is 0 Å². The molecule has 376 valence electrons. The highest BCUT2D eigenvalue weighted by Crippen LogP contribution is 2.15. The number of unbranched alkanes of at least 4 members (excludes halogenated alkanes) is 16. The highest BCUT2D eigenvalue weighted by molar-refractivity contribution is 5.70. The molecule has 8 heteroatoms. The van der Waals surface area contributed by atoms with Gasteiger partial charge in [-0.15, -0.1) is 0 Å². The number of nitrogens with zero attached hydrogens (tertiary/aromatic N) is 1. The molecule has 0 aromatic heterocycles. The first-order chi connectivity index (χ1) is 32.1. The number of aliphatic carboxylic acids is 1. The first-order valence-corrected chi connectivity index (χ1v) is 26.3. The Morgan fingerprint density at radius 1 is 0.455 bits per heavy atom. The molecule has 0 saturated heterocycles. The summed E-state index contributed by atoms with van der Waals surface area (Å²) in [5, 5.41) is 11.7. The van der Waals surface area contributed by atoms with Crippen molar-refractivity contribution >= 4 is 17.9 Å². The predicted octanol–water partition coefficient (Wildman–Crippen LogP) is 14.1. The molecule has 0 bridgehead atoms. The third-order valence-corrected chi connectivity index (χ3v) is 11.2. The van der Waals surface area contributed by atoms with Crippen LogP contribution in [0.3, 0.4) is 0 Å². The number of allylic oxidation sites excluding steroid dienone is 16. The van der Waals surface area contributed by atoms with E-state index in [9.17, 15) is 19.5 Å². The molecule has 2 atom stereocenters. The maximum atomic E-state index is 12.8. The lowest BCUT2D eigenvalue weighted by molar-refractivity contribution is -0.889. The van der Waals surface area contributed by atoms with Crippen LogP contribution in [0.4, 0.5) is 0 Å². The number of carbonyl (C=O) groups is 3. The SMILES string of the molecule is CC/C=C\C/C=C\C/C=C\C/C=C\CCCCCCCCCCCCC(=O)OC(COCCC(C(=O)[O-])[N+](C)(C)C)COC(=O)CCCCCCCC/C=C\C/C=C\C/C=C\C/C=C\CC. The van der Waals surface area contributed by atoms with E-state index in [1.54, 1.807) is 21.1 Å². The maximum absolute atomic E-state index is 12.8. The van der Waals surface area contributed by atoms with Crippen molar-refractivity contribution in [2.45, 2.75) is 212 Å². The van der Waals surface area contributed by atoms with Crippen LogP contribution in [0.15, 0.2) is 97.2 Å². The van der Waals surface area contributed by atoms with Gasteiger partial charge in [0.25, 0.3) is 0 Å². The van der Waals surface area contributed by atoms with Gasteiger partial charge in [0.15, 0.2) is 6.10 Å². The van der Waals surface area contributed by atoms with Crippen LogP contribution in [0.1, 0.15) is 200 Å². The Balaban J connectivity index is 4.27. The number of carbonyl (C=O) groups excluding carboxylic acids is 3. The number of likely N-dealkylation sites (N-methyl/N-ethyl adjacent to an activating group) is 1. The molecule has 0 spiro atoms. The molecule has 0 aliphatic carbocycles. The fourth-order valence-electron chi connectivity index (χ4n) is 7.23. The molecule has 0 aromatic carbocycles. The van der Waals surface area contributed by atoms with Crippen LogP contribution >= 0.6 is 0 Å². The summed E-state index contributed by atoms with van der Waals surface area (Å²) < 4.78 is 17.2. The summed E-state index contributed by atoms with van der Waals surface area (Å²) >= 11 is 0. The van der Waals surface area contributed by atoms with E-state index in [1.165, 1.54) is 57.8 Å². The minimum Gasteiger partial charge on any atom is -0.544 e. The average Bonchev–Trinajstić information content (AvgIpc) is 3.28. The molecule has 66 heavy (non-hydrogen) atoms. The van der Waals surface area contributed by atoms with Gasteiger partial charge < -0.3 is 28.6 Å². The lowest BCUT2D eigenvalue weighted by atomic mass is 10.0. The van der Waals surface area contributed by atoms with E-state index in [2.05, 4.69) is 111 Å². The van der Waals surface area contributed by atoms with Crippen molar-refractivity contribution in [3.05, 3.63) is 97.2 Å². The zero-order chi connectivity index (χ0) is 48.4. The van der Waals surface area contributed by atoms with Crippen molar-refractivity contribution in [1.82, 2.24) is 0 Å². The second kappa shape index (κ2) is 47.7. The van der Waals surface area contributed by atoms with Crippen LogP contribution < -0.4 is 5.11 Å². The molecular weight excluding hydrogens is 823 g/mol. The van der Waals surface area contributed by atoms with E-state index in [-0.39, 0.29) is 42.7 Å². The number of quaternary nitrogens is 1. The lowest BCUT2D eigenvalue weighted by Crippen LogP contribution is -2.55. The third-order valence-electron chi connectivity index (χ3n) is 11.2. The Labute approximate surface area is 405 Å². The van der Waals surface area contributed by atoms with Crippen LogP contribution in [-0.2, 0) is 28.6 Å². The summed E-state index contributed by atoms with van der Waals surface area (Å²) in [6.07, 6.45) is 64.3. The zero-order valence-corrected chi connectivity index (χ0v) is 42.8. The molecule has 0 aromatic rings. The van der Waals surface area contributed by atoms with Gasteiger partial charge in [-0.1, -0.05) is 188 Å². The van der Waals surface area contributed by atoms with E-state index in [0.717, 1.165) is 109 Å². The van der Waals surface area contributed by atoms with Crippen LogP contribution in [0.2, 0.25) is 0 Å². The predicted molar refractivity (Wildman–Crippen MR) is 277 cm³/mol. The number of carboxylic acid groups (broad SMARTS) is 1. The van der Waals surface area contributed by atoms with Crippen molar-refractivity contribution < 1.29 is 38.2 Å². The normalized spacial score (nSPS) is 13.7. The van der Waals surface area contributed by atoms with Gasteiger partial charge in [0, 0.05) is 19.3 Å². The number of ether oxygens (including phenoxy) is 3. The molecule has 0 heterocycles. The highest BCUT2D eigenvalue weighted by Gasteiger charge is 2.25. The van der Waals surface area contributed by atoms with Crippen LogP contribution in [0.25, 0.3) is 0 Å². The van der Waals surface area contributed by atoms with Gasteiger partial charge in [0.05, 0.1) is 40.3 Å². The number of rotatable bonds is 46. The minimum absolute atomic E-state index is 0.0290. The lowest BCUT2D eigenvalue weighted by Gasteiger charge is -2.34. The second-order valence-electron chi connectivity index (χ2n) is 18.3. The first kappa shape index (κ1) is 62.2. The van der Waals surface area contributed by atoms with Gasteiger partial charge >= 0.3 is 11.9 Å². The minimum atomic E-state index is -1.13. The largest absolute Gasteiger partial charge is 0.544 e. The summed E-state index contributed by atoms with van der Waals surface area (Å²) in [4.78, 5) is 37.1. The molecule has 0 aliphatic heterocycles. The molecule has 0 aliphatic rings. The van der Waals surface area contributed by atoms with Gasteiger partial charge in [-0.05, 0) is 89.9 Å². The van der Waals surface area contributed by atoms with Crippen molar-refractivity contribution in [2.75, 3.05) is 41.0 Å². The summed E-state index contributed by atoms with van der Waals surface area (Å²) in [5.41, 5.74) is 0.